The Kier molecular flexibility index (Phi) is 9.60. The first-order valence-corrected chi connectivity index (χ1v) is 10.8. The van der Waals surface area contributed by atoms with Gasteiger partial charge >= 0.3 is 13.6 Å². The Labute approximate surface area is 172 Å². The van der Waals surface area contributed by atoms with E-state index in [4.69, 9.17) is 19.3 Å². The predicted molar refractivity (Wildman–Crippen MR) is 110 cm³/mol. The molecule has 1 saturated heterocycles. The van der Waals surface area contributed by atoms with Gasteiger partial charge in [0, 0.05) is 0 Å². The Balaban J connectivity index is 0.00000392. The highest BCUT2D eigenvalue weighted by Gasteiger charge is 2.46. The molecule has 1 fully saturated rings. The number of amidine groups is 1. The maximum absolute atomic E-state index is 12.6. The van der Waals surface area contributed by atoms with Crippen LogP contribution in [0.1, 0.15) is 32.8 Å². The summed E-state index contributed by atoms with van der Waals surface area (Å²) < 4.78 is 23.2. The highest BCUT2D eigenvalue weighted by Crippen LogP contribution is 2.49. The summed E-state index contributed by atoms with van der Waals surface area (Å²) in [5, 5.41) is 12.0. The lowest BCUT2D eigenvalue weighted by molar-refractivity contribution is -0.0553. The molecule has 158 valence electrons. The van der Waals surface area contributed by atoms with Crippen molar-refractivity contribution in [3.63, 3.8) is 0 Å². The molecule has 1 aromatic rings. The minimum Gasteiger partial charge on any atom is -0.323 e. The molecule has 2 amide bonds. The molecular weight excluding hydrogens is 405 g/mol. The molecule has 2 N–H and O–H groups in total. The summed E-state index contributed by atoms with van der Waals surface area (Å²) in [5.41, 5.74) is 0.0917. The molecule has 0 saturated carbocycles. The third kappa shape index (κ3) is 6.29. The predicted octanol–water partition coefficient (Wildman–Crippen LogP) is 4.00. The maximum atomic E-state index is 12.6. The second kappa shape index (κ2) is 10.9. The molecule has 0 radical (unpaired) electrons. The van der Waals surface area contributed by atoms with Gasteiger partial charge in [0.1, 0.15) is 0 Å². The van der Waals surface area contributed by atoms with Gasteiger partial charge in [-0.1, -0.05) is 30.3 Å². The van der Waals surface area contributed by atoms with Crippen LogP contribution in [0.5, 0.6) is 0 Å². The molecule has 0 spiro atoms. The lowest BCUT2D eigenvalue weighted by Crippen LogP contribution is -2.44. The number of amides is 2. The summed E-state index contributed by atoms with van der Waals surface area (Å²) in [6.45, 7) is 6.01. The Morgan fingerprint density at radius 3 is 2.36 bits per heavy atom. The minimum atomic E-state index is -3.25. The van der Waals surface area contributed by atoms with Crippen LogP contribution in [-0.4, -0.2) is 48.5 Å². The minimum absolute atomic E-state index is 0. The van der Waals surface area contributed by atoms with Crippen molar-refractivity contribution in [3.8, 4) is 0 Å². The van der Waals surface area contributed by atoms with Crippen molar-refractivity contribution in [1.82, 2.24) is 10.4 Å². The fourth-order valence-electron chi connectivity index (χ4n) is 2.80. The highest BCUT2D eigenvalue weighted by atomic mass is 35.5. The van der Waals surface area contributed by atoms with Gasteiger partial charge in [-0.25, -0.2) is 4.79 Å². The third-order valence-corrected chi connectivity index (χ3v) is 6.36. The second-order valence-electron chi connectivity index (χ2n) is 6.39. The third-order valence-electron chi connectivity index (χ3n) is 4.28. The van der Waals surface area contributed by atoms with Crippen LogP contribution in [0.2, 0.25) is 0 Å². The van der Waals surface area contributed by atoms with Crippen molar-refractivity contribution in [2.45, 2.75) is 39.2 Å². The van der Waals surface area contributed by atoms with Gasteiger partial charge < -0.3 is 14.4 Å². The van der Waals surface area contributed by atoms with Crippen LogP contribution in [0.25, 0.3) is 0 Å². The van der Waals surface area contributed by atoms with Crippen molar-refractivity contribution in [3.05, 3.63) is 35.9 Å². The number of nitrogens with one attached hydrogen (secondary N) is 2. The number of carbonyl (C=O) groups is 1. The zero-order valence-electron chi connectivity index (χ0n) is 16.5. The standard InChI is InChI=1S/C18H28N3O5P.ClH/c1-4-25-27(23,26-5-2)14-12-18(3)16(19)21(17(22)20-18)24-13-11-15-9-7-6-8-10-15;/h6-10,19H,4-5,11-14H2,1-3H3,(H,20,22);1H. The average Bonchev–Trinajstić information content (AvgIpc) is 2.85. The van der Waals surface area contributed by atoms with E-state index >= 15 is 0 Å². The molecular formula is C18H29ClN3O5P. The van der Waals surface area contributed by atoms with Crippen LogP contribution < -0.4 is 5.32 Å². The largest absolute Gasteiger partial charge is 0.348 e. The Morgan fingerprint density at radius 1 is 1.18 bits per heavy atom. The molecule has 1 aliphatic heterocycles. The van der Waals surface area contributed by atoms with E-state index in [9.17, 15) is 9.36 Å². The number of hydrogen-bond acceptors (Lipinski definition) is 6. The number of hydroxylamine groups is 2. The first kappa shape index (κ1) is 24.6. The van der Waals surface area contributed by atoms with Gasteiger partial charge in [-0.3, -0.25) is 14.8 Å². The monoisotopic (exact) mass is 433 g/mol. The Morgan fingerprint density at radius 2 is 1.79 bits per heavy atom. The first-order chi connectivity index (χ1) is 12.8. The summed E-state index contributed by atoms with van der Waals surface area (Å²) >= 11 is 0. The molecule has 8 nitrogen and oxygen atoms in total. The zero-order valence-corrected chi connectivity index (χ0v) is 18.2. The molecule has 1 heterocycles. The van der Waals surface area contributed by atoms with Crippen LogP contribution in [0.4, 0.5) is 4.79 Å². The number of benzene rings is 1. The van der Waals surface area contributed by atoms with Crippen molar-refractivity contribution in [2.75, 3.05) is 26.0 Å². The Hall–Kier alpha value is -1.44. The SMILES string of the molecule is CCOP(=O)(CCC1(C)NC(=O)N(OCCc2ccccc2)C1=N)OCC.Cl. The fourth-order valence-corrected chi connectivity index (χ4v) is 4.64. The van der Waals surface area contributed by atoms with Gasteiger partial charge in [0.2, 0.25) is 0 Å². The van der Waals surface area contributed by atoms with E-state index in [1.165, 1.54) is 0 Å². The summed E-state index contributed by atoms with van der Waals surface area (Å²) in [7, 11) is -3.25. The normalized spacial score (nSPS) is 19.5. The lowest BCUT2D eigenvalue weighted by Gasteiger charge is -2.26. The van der Waals surface area contributed by atoms with Crippen molar-refractivity contribution in [2.24, 2.45) is 0 Å². The van der Waals surface area contributed by atoms with E-state index in [1.54, 1.807) is 20.8 Å². The topological polar surface area (TPSA) is 101 Å². The number of rotatable bonds is 11. The highest BCUT2D eigenvalue weighted by molar-refractivity contribution is 7.53. The molecule has 0 aromatic heterocycles. The zero-order chi connectivity index (χ0) is 19.9. The summed E-state index contributed by atoms with van der Waals surface area (Å²) in [6.07, 6.45) is 0.970. The molecule has 10 heteroatoms. The van der Waals surface area contributed by atoms with Gasteiger partial charge in [0.05, 0.1) is 31.5 Å². The van der Waals surface area contributed by atoms with Gasteiger partial charge in [-0.15, -0.1) is 12.4 Å². The number of halogens is 1. The summed E-state index contributed by atoms with van der Waals surface area (Å²) in [4.78, 5) is 17.8. The molecule has 28 heavy (non-hydrogen) atoms. The lowest BCUT2D eigenvalue weighted by atomic mass is 9.99. The molecule has 0 aliphatic carbocycles. The van der Waals surface area contributed by atoms with Crippen molar-refractivity contribution >= 4 is 31.9 Å². The number of nitrogens with zero attached hydrogens (tertiary/aromatic N) is 1. The smallest absolute Gasteiger partial charge is 0.323 e. The van der Waals surface area contributed by atoms with Crippen LogP contribution in [0.15, 0.2) is 30.3 Å². The number of hydrogen-bond donors (Lipinski definition) is 2. The molecule has 0 bridgehead atoms. The molecule has 2 rings (SSSR count). The molecule has 1 aliphatic rings. The van der Waals surface area contributed by atoms with E-state index in [-0.39, 0.29) is 50.6 Å². The van der Waals surface area contributed by atoms with Crippen molar-refractivity contribution < 1.29 is 23.2 Å². The van der Waals surface area contributed by atoms with Crippen LogP contribution in [0, 0.1) is 5.41 Å². The molecule has 1 unspecified atom stereocenters. The van der Waals surface area contributed by atoms with Crippen LogP contribution >= 0.6 is 20.0 Å². The first-order valence-electron chi connectivity index (χ1n) is 9.10. The van der Waals surface area contributed by atoms with Crippen LogP contribution in [0.3, 0.4) is 0 Å². The fraction of sp³-hybridized carbons (Fsp3) is 0.556. The van der Waals surface area contributed by atoms with Crippen molar-refractivity contribution in [1.29, 1.82) is 5.41 Å². The van der Waals surface area contributed by atoms with E-state index < -0.39 is 19.2 Å². The van der Waals surface area contributed by atoms with Gasteiger partial charge in [-0.05, 0) is 39.2 Å². The summed E-state index contributed by atoms with van der Waals surface area (Å²) in [5.74, 6) is -0.0138. The number of urea groups is 1. The molecule has 1 aromatic carbocycles. The van der Waals surface area contributed by atoms with E-state index in [1.807, 2.05) is 30.3 Å². The maximum Gasteiger partial charge on any atom is 0.348 e. The van der Waals surface area contributed by atoms with Gasteiger partial charge in [0.15, 0.2) is 5.84 Å². The van der Waals surface area contributed by atoms with Gasteiger partial charge in [-0.2, -0.15) is 5.06 Å². The quantitative estimate of drug-likeness (QED) is 0.513. The van der Waals surface area contributed by atoms with E-state index in [2.05, 4.69) is 5.32 Å². The molecule has 1 atom stereocenters. The second-order valence-corrected chi connectivity index (χ2v) is 8.58. The average molecular weight is 434 g/mol. The van der Waals surface area contributed by atoms with Crippen LogP contribution in [-0.2, 0) is 24.9 Å². The van der Waals surface area contributed by atoms with E-state index in [0.29, 0.717) is 6.42 Å². The summed E-state index contributed by atoms with van der Waals surface area (Å²) in [6, 6.07) is 9.25. The van der Waals surface area contributed by atoms with E-state index in [0.717, 1.165) is 10.6 Å². The number of carbonyl (C=O) groups excluding carboxylic acids is 1. The van der Waals surface area contributed by atoms with Gasteiger partial charge in [0.25, 0.3) is 0 Å². The Bertz CT molecular complexity index is 696.